The summed E-state index contributed by atoms with van der Waals surface area (Å²) in [6.45, 7) is 0. The topological polar surface area (TPSA) is 46.5 Å². The van der Waals surface area contributed by atoms with Crippen molar-refractivity contribution in [1.29, 1.82) is 0 Å². The summed E-state index contributed by atoms with van der Waals surface area (Å²) in [6.07, 6.45) is -1.25. The van der Waals surface area contributed by atoms with Crippen LogP contribution in [0, 0.1) is 0 Å². The average molecular weight is 204 g/mol. The third-order valence-corrected chi connectivity index (χ3v) is 1.83. The summed E-state index contributed by atoms with van der Waals surface area (Å²) in [7, 11) is 1.10. The van der Waals surface area contributed by atoms with Gasteiger partial charge in [0.15, 0.2) is 0 Å². The SMILES string of the molecule is COC(=O)O.c1ccc2ccccc2c1. The number of hydrogen-bond acceptors (Lipinski definition) is 2. The van der Waals surface area contributed by atoms with Gasteiger partial charge in [-0.3, -0.25) is 0 Å². The largest absolute Gasteiger partial charge is 0.505 e. The van der Waals surface area contributed by atoms with Crippen LogP contribution in [0.5, 0.6) is 0 Å². The van der Waals surface area contributed by atoms with Gasteiger partial charge in [-0.1, -0.05) is 48.5 Å². The van der Waals surface area contributed by atoms with Crippen molar-refractivity contribution in [2.45, 2.75) is 0 Å². The lowest BCUT2D eigenvalue weighted by Gasteiger charge is -1.92. The normalized spacial score (nSPS) is 8.87. The zero-order valence-corrected chi connectivity index (χ0v) is 8.38. The van der Waals surface area contributed by atoms with Gasteiger partial charge >= 0.3 is 6.16 Å². The first-order valence-corrected chi connectivity index (χ1v) is 4.44. The summed E-state index contributed by atoms with van der Waals surface area (Å²) >= 11 is 0. The average Bonchev–Trinajstić information content (AvgIpc) is 2.30. The summed E-state index contributed by atoms with van der Waals surface area (Å²) in [4.78, 5) is 9.15. The van der Waals surface area contributed by atoms with Crippen molar-refractivity contribution in [2.75, 3.05) is 7.11 Å². The fraction of sp³-hybridized carbons (Fsp3) is 0.0833. The first kappa shape index (κ1) is 11.0. The van der Waals surface area contributed by atoms with E-state index in [1.807, 2.05) is 0 Å². The third-order valence-electron chi connectivity index (χ3n) is 1.83. The second-order valence-corrected chi connectivity index (χ2v) is 2.82. The number of benzene rings is 2. The fourth-order valence-electron chi connectivity index (χ4n) is 1.13. The van der Waals surface area contributed by atoms with Gasteiger partial charge in [-0.2, -0.15) is 0 Å². The Morgan fingerprint density at radius 2 is 1.27 bits per heavy atom. The molecule has 0 aromatic heterocycles. The van der Waals surface area contributed by atoms with Gasteiger partial charge in [0.2, 0.25) is 0 Å². The molecule has 3 nitrogen and oxygen atoms in total. The van der Waals surface area contributed by atoms with E-state index in [9.17, 15) is 0 Å². The number of methoxy groups -OCH3 is 1. The van der Waals surface area contributed by atoms with Crippen LogP contribution in [-0.4, -0.2) is 18.4 Å². The molecule has 0 radical (unpaired) electrons. The predicted octanol–water partition coefficient (Wildman–Crippen LogP) is 3.15. The maximum atomic E-state index is 9.15. The molecule has 0 saturated heterocycles. The van der Waals surface area contributed by atoms with Crippen LogP contribution in [0.1, 0.15) is 0 Å². The van der Waals surface area contributed by atoms with Gasteiger partial charge < -0.3 is 9.84 Å². The number of carboxylic acid groups (broad SMARTS) is 1. The van der Waals surface area contributed by atoms with E-state index in [1.165, 1.54) is 10.8 Å². The smallest absolute Gasteiger partial charge is 0.450 e. The van der Waals surface area contributed by atoms with Crippen molar-refractivity contribution in [3.63, 3.8) is 0 Å². The lowest BCUT2D eigenvalue weighted by molar-refractivity contribution is 0.114. The Labute approximate surface area is 87.9 Å². The second kappa shape index (κ2) is 5.65. The highest BCUT2D eigenvalue weighted by Crippen LogP contribution is 2.11. The van der Waals surface area contributed by atoms with Gasteiger partial charge in [-0.25, -0.2) is 4.79 Å². The van der Waals surface area contributed by atoms with Crippen molar-refractivity contribution in [2.24, 2.45) is 0 Å². The first-order chi connectivity index (χ1) is 7.24. The predicted molar refractivity (Wildman–Crippen MR) is 59.0 cm³/mol. The number of carbonyl (C=O) groups is 1. The Kier molecular flexibility index (Phi) is 4.16. The van der Waals surface area contributed by atoms with Crippen LogP contribution < -0.4 is 0 Å². The van der Waals surface area contributed by atoms with Gasteiger partial charge in [0.1, 0.15) is 0 Å². The van der Waals surface area contributed by atoms with Gasteiger partial charge in [0, 0.05) is 0 Å². The molecule has 0 aliphatic heterocycles. The van der Waals surface area contributed by atoms with Crippen LogP contribution in [0.25, 0.3) is 10.8 Å². The summed E-state index contributed by atoms with van der Waals surface area (Å²) < 4.78 is 3.67. The van der Waals surface area contributed by atoms with Crippen LogP contribution in [-0.2, 0) is 4.74 Å². The van der Waals surface area contributed by atoms with E-state index < -0.39 is 6.16 Å². The molecular formula is C12H12O3. The van der Waals surface area contributed by atoms with E-state index in [0.717, 1.165) is 7.11 Å². The Balaban J connectivity index is 0.000000195. The zero-order valence-electron chi connectivity index (χ0n) is 8.38. The Morgan fingerprint density at radius 1 is 1.00 bits per heavy atom. The molecule has 15 heavy (non-hydrogen) atoms. The van der Waals surface area contributed by atoms with Crippen molar-refractivity contribution in [3.8, 4) is 0 Å². The Morgan fingerprint density at radius 3 is 1.47 bits per heavy atom. The van der Waals surface area contributed by atoms with Crippen molar-refractivity contribution >= 4 is 16.9 Å². The molecule has 3 heteroatoms. The number of fused-ring (bicyclic) bond motifs is 1. The van der Waals surface area contributed by atoms with E-state index >= 15 is 0 Å². The lowest BCUT2D eigenvalue weighted by Crippen LogP contribution is -1.91. The van der Waals surface area contributed by atoms with Crippen molar-refractivity contribution in [1.82, 2.24) is 0 Å². The van der Waals surface area contributed by atoms with E-state index in [-0.39, 0.29) is 0 Å². The standard InChI is InChI=1S/C10H8.C2H4O3/c1-2-6-10-8-4-3-7-9(10)5-1;1-5-2(3)4/h1-8H;1H3,(H,3,4). The fourth-order valence-corrected chi connectivity index (χ4v) is 1.13. The monoisotopic (exact) mass is 204 g/mol. The molecule has 2 aromatic rings. The van der Waals surface area contributed by atoms with Gasteiger partial charge in [0.25, 0.3) is 0 Å². The van der Waals surface area contributed by atoms with Crippen LogP contribution in [0.3, 0.4) is 0 Å². The minimum atomic E-state index is -1.25. The second-order valence-electron chi connectivity index (χ2n) is 2.82. The van der Waals surface area contributed by atoms with Gasteiger partial charge in [-0.15, -0.1) is 0 Å². The molecule has 0 amide bonds. The first-order valence-electron chi connectivity index (χ1n) is 4.44. The third kappa shape index (κ3) is 3.68. The zero-order chi connectivity index (χ0) is 11.1. The van der Waals surface area contributed by atoms with E-state index in [0.29, 0.717) is 0 Å². The molecule has 0 aliphatic carbocycles. The molecule has 0 saturated carbocycles. The molecule has 0 spiro atoms. The minimum Gasteiger partial charge on any atom is -0.450 e. The molecule has 0 fully saturated rings. The van der Waals surface area contributed by atoms with Crippen LogP contribution in [0.4, 0.5) is 4.79 Å². The lowest BCUT2D eigenvalue weighted by atomic mass is 10.1. The van der Waals surface area contributed by atoms with Crippen LogP contribution in [0.15, 0.2) is 48.5 Å². The molecule has 1 N–H and O–H groups in total. The van der Waals surface area contributed by atoms with Gasteiger partial charge in [-0.05, 0) is 10.8 Å². The maximum absolute atomic E-state index is 9.15. The molecule has 0 bridgehead atoms. The highest BCUT2D eigenvalue weighted by molar-refractivity contribution is 5.81. The summed E-state index contributed by atoms with van der Waals surface area (Å²) in [5, 5.41) is 10.1. The van der Waals surface area contributed by atoms with E-state index in [1.54, 1.807) is 0 Å². The van der Waals surface area contributed by atoms with Crippen molar-refractivity contribution in [3.05, 3.63) is 48.5 Å². The van der Waals surface area contributed by atoms with Crippen LogP contribution >= 0.6 is 0 Å². The summed E-state index contributed by atoms with van der Waals surface area (Å²) in [5.41, 5.74) is 0. The number of hydrogen-bond donors (Lipinski definition) is 1. The molecule has 0 atom stereocenters. The molecular weight excluding hydrogens is 192 g/mol. The van der Waals surface area contributed by atoms with E-state index in [2.05, 4.69) is 53.3 Å². The molecule has 0 aliphatic rings. The summed E-state index contributed by atoms with van der Waals surface area (Å²) in [6, 6.07) is 16.7. The van der Waals surface area contributed by atoms with Crippen molar-refractivity contribution < 1.29 is 14.6 Å². The molecule has 2 rings (SSSR count). The Bertz CT molecular complexity index is 372. The molecule has 2 aromatic carbocycles. The molecule has 0 unspecified atom stereocenters. The maximum Gasteiger partial charge on any atom is 0.505 e. The highest BCUT2D eigenvalue weighted by Gasteiger charge is 1.85. The summed E-state index contributed by atoms with van der Waals surface area (Å²) in [5.74, 6) is 0. The quantitative estimate of drug-likeness (QED) is 0.670. The van der Waals surface area contributed by atoms with Gasteiger partial charge in [0.05, 0.1) is 7.11 Å². The highest BCUT2D eigenvalue weighted by atomic mass is 16.6. The molecule has 78 valence electrons. The minimum absolute atomic E-state index is 1.10. The number of rotatable bonds is 0. The Hall–Kier alpha value is -2.03. The van der Waals surface area contributed by atoms with Crippen LogP contribution in [0.2, 0.25) is 0 Å². The number of ether oxygens (including phenoxy) is 1. The van der Waals surface area contributed by atoms with E-state index in [4.69, 9.17) is 9.90 Å². The molecule has 0 heterocycles.